The maximum absolute atomic E-state index is 3.63. The Bertz CT molecular complexity index is 369. The van der Waals surface area contributed by atoms with Crippen molar-refractivity contribution in [1.82, 2.24) is 5.32 Å². The van der Waals surface area contributed by atoms with Crippen molar-refractivity contribution in [3.8, 4) is 0 Å². The molecule has 0 amide bonds. The quantitative estimate of drug-likeness (QED) is 0.743. The van der Waals surface area contributed by atoms with Gasteiger partial charge in [-0.15, -0.1) is 0 Å². The lowest BCUT2D eigenvalue weighted by Gasteiger charge is -2.10. The second-order valence-electron chi connectivity index (χ2n) is 5.56. The molecule has 1 fully saturated rings. The fourth-order valence-electron chi connectivity index (χ4n) is 2.83. The first-order chi connectivity index (χ1) is 8.75. The Morgan fingerprint density at radius 2 is 2.06 bits per heavy atom. The molecule has 100 valence electrons. The number of rotatable bonds is 6. The molecule has 0 spiro atoms. The van der Waals surface area contributed by atoms with Gasteiger partial charge in [-0.1, -0.05) is 53.7 Å². The Balaban J connectivity index is 1.62. The minimum absolute atomic E-state index is 0.978. The topological polar surface area (TPSA) is 12.0 Å². The molecule has 0 radical (unpaired) electrons. The van der Waals surface area contributed by atoms with Crippen LogP contribution >= 0.6 is 15.9 Å². The summed E-state index contributed by atoms with van der Waals surface area (Å²) in [6.45, 7) is 4.26. The van der Waals surface area contributed by atoms with Gasteiger partial charge in [-0.05, 0) is 49.4 Å². The average molecular weight is 310 g/mol. The van der Waals surface area contributed by atoms with Gasteiger partial charge >= 0.3 is 0 Å². The minimum atomic E-state index is 0.978. The third kappa shape index (κ3) is 4.40. The van der Waals surface area contributed by atoms with Gasteiger partial charge in [-0.2, -0.15) is 0 Å². The third-order valence-corrected chi connectivity index (χ3v) is 4.70. The van der Waals surface area contributed by atoms with Crippen molar-refractivity contribution in [3.63, 3.8) is 0 Å². The predicted octanol–water partition coefficient (Wildman–Crippen LogP) is 4.82. The molecule has 2 rings (SSSR count). The van der Waals surface area contributed by atoms with Gasteiger partial charge in [0.15, 0.2) is 0 Å². The van der Waals surface area contributed by atoms with Crippen LogP contribution in [0, 0.1) is 12.8 Å². The van der Waals surface area contributed by atoms with Crippen LogP contribution in [0.3, 0.4) is 0 Å². The number of halogens is 1. The van der Waals surface area contributed by atoms with Crippen molar-refractivity contribution in [1.29, 1.82) is 0 Å². The first kappa shape index (κ1) is 14.1. The van der Waals surface area contributed by atoms with Gasteiger partial charge in [0.1, 0.15) is 0 Å². The van der Waals surface area contributed by atoms with E-state index in [1.54, 1.807) is 0 Å². The van der Waals surface area contributed by atoms with Crippen molar-refractivity contribution in [2.45, 2.75) is 52.0 Å². The lowest BCUT2D eigenvalue weighted by Crippen LogP contribution is -2.15. The Labute approximate surface area is 119 Å². The van der Waals surface area contributed by atoms with Crippen molar-refractivity contribution in [2.75, 3.05) is 6.54 Å². The van der Waals surface area contributed by atoms with Gasteiger partial charge in [-0.3, -0.25) is 0 Å². The van der Waals surface area contributed by atoms with Crippen LogP contribution in [-0.4, -0.2) is 6.54 Å². The Hall–Kier alpha value is -0.340. The van der Waals surface area contributed by atoms with E-state index in [0.29, 0.717) is 0 Å². The molecule has 1 N–H and O–H groups in total. The van der Waals surface area contributed by atoms with Crippen molar-refractivity contribution in [2.24, 2.45) is 5.92 Å². The molecule has 1 saturated carbocycles. The first-order valence-corrected chi connectivity index (χ1v) is 8.01. The summed E-state index contributed by atoms with van der Waals surface area (Å²) < 4.78 is 1.23. The smallest absolute Gasteiger partial charge is 0.0222 e. The van der Waals surface area contributed by atoms with Crippen molar-refractivity contribution in [3.05, 3.63) is 33.8 Å². The predicted molar refractivity (Wildman–Crippen MR) is 81.8 cm³/mol. The largest absolute Gasteiger partial charge is 0.313 e. The van der Waals surface area contributed by atoms with Gasteiger partial charge in [0.2, 0.25) is 0 Å². The number of nitrogens with one attached hydrogen (secondary N) is 1. The highest BCUT2D eigenvalue weighted by Crippen LogP contribution is 2.28. The van der Waals surface area contributed by atoms with E-state index in [2.05, 4.69) is 46.4 Å². The van der Waals surface area contributed by atoms with E-state index in [4.69, 9.17) is 0 Å². The summed E-state index contributed by atoms with van der Waals surface area (Å²) in [6, 6.07) is 6.58. The summed E-state index contributed by atoms with van der Waals surface area (Å²) in [5.74, 6) is 1.03. The highest BCUT2D eigenvalue weighted by molar-refractivity contribution is 9.10. The molecule has 0 aliphatic heterocycles. The Morgan fingerprint density at radius 3 is 2.78 bits per heavy atom. The van der Waals surface area contributed by atoms with E-state index >= 15 is 0 Å². The van der Waals surface area contributed by atoms with Crippen LogP contribution in [0.2, 0.25) is 0 Å². The molecule has 0 unspecified atom stereocenters. The molecule has 0 saturated heterocycles. The lowest BCUT2D eigenvalue weighted by atomic mass is 10.0. The number of aryl methyl sites for hydroxylation is 1. The second kappa shape index (κ2) is 7.30. The van der Waals surface area contributed by atoms with Gasteiger partial charge in [-0.25, -0.2) is 0 Å². The fourth-order valence-corrected chi connectivity index (χ4v) is 3.47. The average Bonchev–Trinajstić information content (AvgIpc) is 2.84. The summed E-state index contributed by atoms with van der Waals surface area (Å²) in [6.07, 6.45) is 8.63. The zero-order valence-corrected chi connectivity index (χ0v) is 12.9. The van der Waals surface area contributed by atoms with E-state index in [-0.39, 0.29) is 0 Å². The molecular weight excluding hydrogens is 286 g/mol. The lowest BCUT2D eigenvalue weighted by molar-refractivity contribution is 0.470. The van der Waals surface area contributed by atoms with E-state index in [1.807, 2.05) is 0 Å². The van der Waals surface area contributed by atoms with Crippen LogP contribution in [0.1, 0.15) is 49.7 Å². The standard InChI is InChI=1S/C16H24BrN/c1-13-8-9-15(16(17)11-13)12-18-10-4-7-14-5-2-3-6-14/h8-9,11,14,18H,2-7,10,12H2,1H3. The summed E-state index contributed by atoms with van der Waals surface area (Å²) in [5, 5.41) is 3.56. The van der Waals surface area contributed by atoms with Crippen LogP contribution in [0.15, 0.2) is 22.7 Å². The summed E-state index contributed by atoms with van der Waals surface area (Å²) in [4.78, 5) is 0. The second-order valence-corrected chi connectivity index (χ2v) is 6.42. The van der Waals surface area contributed by atoms with Crippen LogP contribution in [0.25, 0.3) is 0 Å². The molecular formula is C16H24BrN. The fraction of sp³-hybridized carbons (Fsp3) is 0.625. The van der Waals surface area contributed by atoms with Gasteiger partial charge in [0.25, 0.3) is 0 Å². The normalized spacial score (nSPS) is 16.3. The molecule has 18 heavy (non-hydrogen) atoms. The van der Waals surface area contributed by atoms with Crippen LogP contribution in [0.5, 0.6) is 0 Å². The van der Waals surface area contributed by atoms with Crippen molar-refractivity contribution >= 4 is 15.9 Å². The highest BCUT2D eigenvalue weighted by atomic mass is 79.9. The van der Waals surface area contributed by atoms with Crippen LogP contribution in [-0.2, 0) is 6.54 Å². The van der Waals surface area contributed by atoms with E-state index < -0.39 is 0 Å². The number of benzene rings is 1. The molecule has 1 aromatic carbocycles. The molecule has 1 aliphatic carbocycles. The molecule has 2 heteroatoms. The molecule has 1 aromatic rings. The van der Waals surface area contributed by atoms with E-state index in [1.165, 1.54) is 54.1 Å². The Morgan fingerprint density at radius 1 is 1.28 bits per heavy atom. The monoisotopic (exact) mass is 309 g/mol. The molecule has 1 aliphatic rings. The third-order valence-electron chi connectivity index (χ3n) is 3.96. The number of hydrogen-bond donors (Lipinski definition) is 1. The summed E-state index contributed by atoms with van der Waals surface area (Å²) >= 11 is 3.63. The molecule has 0 bridgehead atoms. The van der Waals surface area contributed by atoms with E-state index in [0.717, 1.165) is 19.0 Å². The summed E-state index contributed by atoms with van der Waals surface area (Å²) in [5.41, 5.74) is 2.67. The number of hydrogen-bond acceptors (Lipinski definition) is 1. The molecule has 1 nitrogen and oxygen atoms in total. The van der Waals surface area contributed by atoms with E-state index in [9.17, 15) is 0 Å². The summed E-state index contributed by atoms with van der Waals surface area (Å²) in [7, 11) is 0. The maximum Gasteiger partial charge on any atom is 0.0222 e. The highest BCUT2D eigenvalue weighted by Gasteiger charge is 2.13. The SMILES string of the molecule is Cc1ccc(CNCCCC2CCCC2)c(Br)c1. The zero-order valence-electron chi connectivity index (χ0n) is 11.3. The Kier molecular flexibility index (Phi) is 5.71. The maximum atomic E-state index is 3.63. The molecule has 0 atom stereocenters. The van der Waals surface area contributed by atoms with Crippen molar-refractivity contribution < 1.29 is 0 Å². The first-order valence-electron chi connectivity index (χ1n) is 7.21. The van der Waals surface area contributed by atoms with Gasteiger partial charge < -0.3 is 5.32 Å². The van der Waals surface area contributed by atoms with Crippen LogP contribution < -0.4 is 5.32 Å². The van der Waals surface area contributed by atoms with Gasteiger partial charge in [0.05, 0.1) is 0 Å². The van der Waals surface area contributed by atoms with Crippen LogP contribution in [0.4, 0.5) is 0 Å². The minimum Gasteiger partial charge on any atom is -0.313 e. The van der Waals surface area contributed by atoms with Gasteiger partial charge in [0, 0.05) is 11.0 Å². The molecule has 0 aromatic heterocycles. The zero-order chi connectivity index (χ0) is 12.8. The molecule has 0 heterocycles.